The second kappa shape index (κ2) is 6.00. The van der Waals surface area contributed by atoms with Crippen LogP contribution in [0.3, 0.4) is 0 Å². The summed E-state index contributed by atoms with van der Waals surface area (Å²) in [5.41, 5.74) is 0.998. The molecule has 1 aromatic heterocycles. The van der Waals surface area contributed by atoms with E-state index in [0.717, 1.165) is 50.3 Å². The van der Waals surface area contributed by atoms with Crippen LogP contribution in [0.1, 0.15) is 19.5 Å². The lowest BCUT2D eigenvalue weighted by molar-refractivity contribution is 0.122. The molecule has 1 N–H and O–H groups in total. The van der Waals surface area contributed by atoms with E-state index in [1.165, 1.54) is 0 Å². The van der Waals surface area contributed by atoms with Gasteiger partial charge >= 0.3 is 0 Å². The lowest BCUT2D eigenvalue weighted by Crippen LogP contribution is -2.37. The van der Waals surface area contributed by atoms with Crippen molar-refractivity contribution in [3.05, 3.63) is 11.8 Å². The molecule has 0 aliphatic carbocycles. The van der Waals surface area contributed by atoms with E-state index >= 15 is 0 Å². The average molecular weight is 250 g/mol. The number of aryl methyl sites for hydroxylation is 1. The number of aromatic nitrogens is 2. The van der Waals surface area contributed by atoms with Crippen LogP contribution in [0.4, 0.5) is 11.8 Å². The molecule has 2 rings (SSSR count). The summed E-state index contributed by atoms with van der Waals surface area (Å²) >= 11 is 0. The summed E-state index contributed by atoms with van der Waals surface area (Å²) in [6.45, 7) is 10.6. The summed E-state index contributed by atoms with van der Waals surface area (Å²) in [4.78, 5) is 11.3. The van der Waals surface area contributed by atoms with Crippen LogP contribution in [0, 0.1) is 12.8 Å². The third kappa shape index (κ3) is 3.57. The van der Waals surface area contributed by atoms with Crippen LogP contribution in [-0.4, -0.2) is 42.8 Å². The number of anilines is 2. The maximum Gasteiger partial charge on any atom is 0.227 e. The van der Waals surface area contributed by atoms with Gasteiger partial charge in [0, 0.05) is 31.4 Å². The fourth-order valence-corrected chi connectivity index (χ4v) is 1.86. The highest BCUT2D eigenvalue weighted by Crippen LogP contribution is 2.15. The summed E-state index contributed by atoms with van der Waals surface area (Å²) in [6.07, 6.45) is 0. The van der Waals surface area contributed by atoms with Crippen molar-refractivity contribution in [1.82, 2.24) is 9.97 Å². The molecule has 1 saturated heterocycles. The monoisotopic (exact) mass is 250 g/mol. The van der Waals surface area contributed by atoms with Gasteiger partial charge in [-0.1, -0.05) is 13.8 Å². The summed E-state index contributed by atoms with van der Waals surface area (Å²) < 4.78 is 5.35. The van der Waals surface area contributed by atoms with Crippen LogP contribution in [0.25, 0.3) is 0 Å². The van der Waals surface area contributed by atoms with Gasteiger partial charge in [0.1, 0.15) is 5.82 Å². The molecule has 18 heavy (non-hydrogen) atoms. The quantitative estimate of drug-likeness (QED) is 0.881. The summed E-state index contributed by atoms with van der Waals surface area (Å²) in [5, 5.41) is 3.36. The Morgan fingerprint density at radius 1 is 1.33 bits per heavy atom. The van der Waals surface area contributed by atoms with Crippen molar-refractivity contribution in [1.29, 1.82) is 0 Å². The zero-order valence-electron chi connectivity index (χ0n) is 11.4. The van der Waals surface area contributed by atoms with E-state index in [4.69, 9.17) is 4.74 Å². The highest BCUT2D eigenvalue weighted by molar-refractivity contribution is 5.43. The maximum absolute atomic E-state index is 5.35. The first-order valence-corrected chi connectivity index (χ1v) is 6.57. The van der Waals surface area contributed by atoms with Crippen molar-refractivity contribution in [2.75, 3.05) is 43.1 Å². The molecule has 100 valence electrons. The van der Waals surface area contributed by atoms with Gasteiger partial charge in [0.2, 0.25) is 5.95 Å². The smallest absolute Gasteiger partial charge is 0.227 e. The van der Waals surface area contributed by atoms with Crippen LogP contribution in [0.15, 0.2) is 6.07 Å². The Hall–Kier alpha value is -1.36. The Balaban J connectivity index is 2.09. The van der Waals surface area contributed by atoms with Gasteiger partial charge in [0.25, 0.3) is 0 Å². The van der Waals surface area contributed by atoms with Crippen LogP contribution < -0.4 is 10.2 Å². The molecule has 0 atom stereocenters. The zero-order valence-corrected chi connectivity index (χ0v) is 11.4. The van der Waals surface area contributed by atoms with E-state index in [2.05, 4.69) is 34.0 Å². The highest BCUT2D eigenvalue weighted by atomic mass is 16.5. The minimum Gasteiger partial charge on any atom is -0.378 e. The molecule has 0 saturated carbocycles. The SMILES string of the molecule is Cc1cc(NCC(C)C)nc(N2CCOCC2)n1. The molecule has 1 aliphatic heterocycles. The number of hydrogen-bond donors (Lipinski definition) is 1. The topological polar surface area (TPSA) is 50.3 Å². The van der Waals surface area contributed by atoms with Gasteiger partial charge in [-0.2, -0.15) is 4.98 Å². The van der Waals surface area contributed by atoms with Crippen LogP contribution in [0.5, 0.6) is 0 Å². The van der Waals surface area contributed by atoms with Gasteiger partial charge in [-0.3, -0.25) is 0 Å². The fraction of sp³-hybridized carbons (Fsp3) is 0.692. The number of ether oxygens (including phenoxy) is 1. The number of nitrogens with one attached hydrogen (secondary N) is 1. The minimum atomic E-state index is 0.604. The zero-order chi connectivity index (χ0) is 13.0. The molecular weight excluding hydrogens is 228 g/mol. The van der Waals surface area contributed by atoms with E-state index in [9.17, 15) is 0 Å². The number of morpholine rings is 1. The first-order chi connectivity index (χ1) is 8.65. The van der Waals surface area contributed by atoms with E-state index in [0.29, 0.717) is 5.92 Å². The van der Waals surface area contributed by atoms with Crippen molar-refractivity contribution in [2.45, 2.75) is 20.8 Å². The van der Waals surface area contributed by atoms with Gasteiger partial charge in [-0.05, 0) is 12.8 Å². The van der Waals surface area contributed by atoms with E-state index in [1.807, 2.05) is 13.0 Å². The molecule has 5 heteroatoms. The molecule has 1 aliphatic rings. The first-order valence-electron chi connectivity index (χ1n) is 6.57. The molecular formula is C13H22N4O. The van der Waals surface area contributed by atoms with E-state index in [-0.39, 0.29) is 0 Å². The van der Waals surface area contributed by atoms with Crippen LogP contribution >= 0.6 is 0 Å². The first kappa shape index (κ1) is 13.1. The molecule has 0 bridgehead atoms. The standard InChI is InChI=1S/C13H22N4O/c1-10(2)9-14-12-8-11(3)15-13(16-12)17-4-6-18-7-5-17/h8,10H,4-7,9H2,1-3H3,(H,14,15,16). The average Bonchev–Trinajstić information content (AvgIpc) is 2.37. The predicted molar refractivity (Wildman–Crippen MR) is 73.1 cm³/mol. The maximum atomic E-state index is 5.35. The van der Waals surface area contributed by atoms with Crippen LogP contribution in [0.2, 0.25) is 0 Å². The minimum absolute atomic E-state index is 0.604. The van der Waals surface area contributed by atoms with Gasteiger partial charge in [-0.15, -0.1) is 0 Å². The molecule has 5 nitrogen and oxygen atoms in total. The van der Waals surface area contributed by atoms with Crippen LogP contribution in [-0.2, 0) is 4.74 Å². The van der Waals surface area contributed by atoms with E-state index < -0.39 is 0 Å². The molecule has 0 aromatic carbocycles. The third-order valence-corrected chi connectivity index (χ3v) is 2.83. The van der Waals surface area contributed by atoms with Crippen molar-refractivity contribution in [3.63, 3.8) is 0 Å². The van der Waals surface area contributed by atoms with Crippen molar-refractivity contribution in [3.8, 4) is 0 Å². The number of rotatable bonds is 4. The Morgan fingerprint density at radius 2 is 2.06 bits per heavy atom. The molecule has 0 spiro atoms. The molecule has 0 amide bonds. The molecule has 0 unspecified atom stereocenters. The summed E-state index contributed by atoms with van der Waals surface area (Å²) in [7, 11) is 0. The van der Waals surface area contributed by atoms with Gasteiger partial charge in [0.15, 0.2) is 0 Å². The Bertz CT molecular complexity index is 389. The molecule has 1 fully saturated rings. The summed E-state index contributed by atoms with van der Waals surface area (Å²) in [5.74, 6) is 2.33. The number of nitrogens with zero attached hydrogens (tertiary/aromatic N) is 3. The Kier molecular flexibility index (Phi) is 4.36. The normalized spacial score (nSPS) is 16.1. The second-order valence-electron chi connectivity index (χ2n) is 5.07. The van der Waals surface area contributed by atoms with Crippen molar-refractivity contribution >= 4 is 11.8 Å². The van der Waals surface area contributed by atoms with Crippen molar-refractivity contribution in [2.24, 2.45) is 5.92 Å². The molecule has 2 heterocycles. The van der Waals surface area contributed by atoms with Crippen molar-refractivity contribution < 1.29 is 4.74 Å². The lowest BCUT2D eigenvalue weighted by atomic mass is 10.2. The second-order valence-corrected chi connectivity index (χ2v) is 5.07. The third-order valence-electron chi connectivity index (χ3n) is 2.83. The van der Waals surface area contributed by atoms with Gasteiger partial charge < -0.3 is 15.0 Å². The predicted octanol–water partition coefficient (Wildman–Crippen LogP) is 1.69. The lowest BCUT2D eigenvalue weighted by Gasteiger charge is -2.27. The largest absolute Gasteiger partial charge is 0.378 e. The number of hydrogen-bond acceptors (Lipinski definition) is 5. The van der Waals surface area contributed by atoms with Gasteiger partial charge in [-0.25, -0.2) is 4.98 Å². The Labute approximate surface area is 109 Å². The highest BCUT2D eigenvalue weighted by Gasteiger charge is 2.14. The van der Waals surface area contributed by atoms with Gasteiger partial charge in [0.05, 0.1) is 13.2 Å². The Morgan fingerprint density at radius 3 is 2.72 bits per heavy atom. The molecule has 1 aromatic rings. The summed E-state index contributed by atoms with van der Waals surface area (Å²) in [6, 6.07) is 1.99. The van der Waals surface area contributed by atoms with E-state index in [1.54, 1.807) is 0 Å². The fourth-order valence-electron chi connectivity index (χ4n) is 1.86. The molecule has 0 radical (unpaired) electrons.